The van der Waals surface area contributed by atoms with E-state index in [2.05, 4.69) is 5.32 Å². The molecule has 0 aliphatic carbocycles. The van der Waals surface area contributed by atoms with Crippen LogP contribution in [0.4, 0.5) is 0 Å². The van der Waals surface area contributed by atoms with Gasteiger partial charge in [-0.3, -0.25) is 4.79 Å². The van der Waals surface area contributed by atoms with Crippen LogP contribution in [-0.2, 0) is 21.4 Å². The average Bonchev–Trinajstić information content (AvgIpc) is 2.66. The molecule has 0 unspecified atom stereocenters. The molecular weight excluding hydrogens is 423 g/mol. The van der Waals surface area contributed by atoms with Gasteiger partial charge in [0.15, 0.2) is 0 Å². The first-order valence-corrected chi connectivity index (χ1v) is 11.0. The summed E-state index contributed by atoms with van der Waals surface area (Å²) in [6.45, 7) is 0.867. The van der Waals surface area contributed by atoms with E-state index in [9.17, 15) is 18.3 Å². The van der Waals surface area contributed by atoms with E-state index in [-0.39, 0.29) is 45.6 Å². The van der Waals surface area contributed by atoms with Gasteiger partial charge in [-0.05, 0) is 48.7 Å². The molecule has 6 nitrogen and oxygen atoms in total. The Bertz CT molecular complexity index is 936. The molecule has 1 saturated heterocycles. The van der Waals surface area contributed by atoms with Crippen molar-refractivity contribution in [3.8, 4) is 5.75 Å². The van der Waals surface area contributed by atoms with Gasteiger partial charge < -0.3 is 10.4 Å². The van der Waals surface area contributed by atoms with Gasteiger partial charge >= 0.3 is 0 Å². The molecule has 150 valence electrons. The maximum absolute atomic E-state index is 12.8. The van der Waals surface area contributed by atoms with E-state index in [0.29, 0.717) is 19.4 Å². The number of hydrogen-bond donors (Lipinski definition) is 2. The van der Waals surface area contributed by atoms with Crippen molar-refractivity contribution in [3.05, 3.63) is 58.1 Å². The Morgan fingerprint density at radius 2 is 1.64 bits per heavy atom. The van der Waals surface area contributed by atoms with Gasteiger partial charge in [0.2, 0.25) is 15.9 Å². The third-order valence-corrected chi connectivity index (χ3v) is 7.01. The molecule has 0 bridgehead atoms. The van der Waals surface area contributed by atoms with Crippen molar-refractivity contribution < 1.29 is 18.3 Å². The fraction of sp³-hybridized carbons (Fsp3) is 0.316. The molecule has 2 N–H and O–H groups in total. The van der Waals surface area contributed by atoms with Crippen LogP contribution < -0.4 is 5.32 Å². The number of carbonyl (C=O) groups is 1. The van der Waals surface area contributed by atoms with Crippen LogP contribution in [0.5, 0.6) is 5.75 Å². The highest BCUT2D eigenvalue weighted by molar-refractivity contribution is 7.89. The first kappa shape index (κ1) is 20.9. The van der Waals surface area contributed by atoms with E-state index < -0.39 is 10.0 Å². The smallest absolute Gasteiger partial charge is 0.243 e. The summed E-state index contributed by atoms with van der Waals surface area (Å²) < 4.78 is 26.9. The Kier molecular flexibility index (Phi) is 6.50. The standard InChI is InChI=1S/C19H20Cl2N2O4S/c20-15-9-16(21)11-18(10-15)28(26,27)23-7-5-14(6-8-23)19(25)22-12-13-1-3-17(24)4-2-13/h1-4,9-11,14,24H,5-8,12H2,(H,22,25). The lowest BCUT2D eigenvalue weighted by Crippen LogP contribution is -2.42. The predicted molar refractivity (Wildman–Crippen MR) is 108 cm³/mol. The van der Waals surface area contributed by atoms with Crippen LogP contribution in [0.1, 0.15) is 18.4 Å². The maximum atomic E-state index is 12.8. The number of carbonyl (C=O) groups excluding carboxylic acids is 1. The highest BCUT2D eigenvalue weighted by Gasteiger charge is 2.32. The number of hydrogen-bond acceptors (Lipinski definition) is 4. The lowest BCUT2D eigenvalue weighted by atomic mass is 9.97. The van der Waals surface area contributed by atoms with Gasteiger partial charge in [-0.25, -0.2) is 8.42 Å². The summed E-state index contributed by atoms with van der Waals surface area (Å²) in [6, 6.07) is 10.8. The van der Waals surface area contributed by atoms with Crippen LogP contribution in [0.25, 0.3) is 0 Å². The SMILES string of the molecule is O=C(NCc1ccc(O)cc1)C1CCN(S(=O)(=O)c2cc(Cl)cc(Cl)c2)CC1. The lowest BCUT2D eigenvalue weighted by molar-refractivity contribution is -0.126. The van der Waals surface area contributed by atoms with Gasteiger partial charge in [-0.15, -0.1) is 0 Å². The molecule has 0 atom stereocenters. The Labute approximate surface area is 174 Å². The van der Waals surface area contributed by atoms with Crippen LogP contribution in [0, 0.1) is 5.92 Å². The van der Waals surface area contributed by atoms with E-state index in [4.69, 9.17) is 23.2 Å². The third kappa shape index (κ3) is 4.97. The molecule has 0 saturated carbocycles. The predicted octanol–water partition coefficient (Wildman–Crippen LogP) is 3.42. The topological polar surface area (TPSA) is 86.7 Å². The number of sulfonamides is 1. The molecule has 2 aromatic carbocycles. The third-order valence-electron chi connectivity index (χ3n) is 4.70. The van der Waals surface area contributed by atoms with Gasteiger partial charge in [0.05, 0.1) is 4.90 Å². The minimum Gasteiger partial charge on any atom is -0.508 e. The van der Waals surface area contributed by atoms with Crippen molar-refractivity contribution in [2.75, 3.05) is 13.1 Å². The van der Waals surface area contributed by atoms with E-state index in [1.807, 2.05) is 0 Å². The molecule has 1 fully saturated rings. The number of phenols is 1. The summed E-state index contributed by atoms with van der Waals surface area (Å²) in [6.07, 6.45) is 0.879. The fourth-order valence-corrected chi connectivity index (χ4v) is 5.33. The van der Waals surface area contributed by atoms with Gasteiger partial charge in [0.1, 0.15) is 5.75 Å². The van der Waals surface area contributed by atoms with Crippen LogP contribution in [-0.4, -0.2) is 36.8 Å². The zero-order valence-electron chi connectivity index (χ0n) is 14.9. The zero-order valence-corrected chi connectivity index (χ0v) is 17.3. The Morgan fingerprint density at radius 3 is 2.21 bits per heavy atom. The second-order valence-corrected chi connectivity index (χ2v) is 9.48. The molecule has 1 aliphatic heterocycles. The summed E-state index contributed by atoms with van der Waals surface area (Å²) in [5, 5.41) is 12.7. The van der Waals surface area contributed by atoms with Crippen molar-refractivity contribution in [1.29, 1.82) is 0 Å². The monoisotopic (exact) mass is 442 g/mol. The first-order valence-electron chi connectivity index (χ1n) is 8.77. The van der Waals surface area contributed by atoms with Crippen LogP contribution in [0.3, 0.4) is 0 Å². The minimum absolute atomic E-state index is 0.0558. The van der Waals surface area contributed by atoms with E-state index in [1.165, 1.54) is 22.5 Å². The van der Waals surface area contributed by atoms with Crippen molar-refractivity contribution in [1.82, 2.24) is 9.62 Å². The Balaban J connectivity index is 1.57. The molecular formula is C19H20Cl2N2O4S. The zero-order chi connectivity index (χ0) is 20.3. The summed E-state index contributed by atoms with van der Waals surface area (Å²) in [5.41, 5.74) is 0.879. The number of aromatic hydroxyl groups is 1. The van der Waals surface area contributed by atoms with Crippen LogP contribution in [0.2, 0.25) is 10.0 Å². The van der Waals surface area contributed by atoms with Gasteiger partial charge in [-0.2, -0.15) is 4.31 Å². The second kappa shape index (κ2) is 8.69. The normalized spacial score (nSPS) is 16.1. The molecule has 28 heavy (non-hydrogen) atoms. The van der Waals surface area contributed by atoms with E-state index >= 15 is 0 Å². The van der Waals surface area contributed by atoms with Crippen molar-refractivity contribution in [2.24, 2.45) is 5.92 Å². The fourth-order valence-electron chi connectivity index (χ4n) is 3.13. The number of nitrogens with one attached hydrogen (secondary N) is 1. The minimum atomic E-state index is -3.71. The lowest BCUT2D eigenvalue weighted by Gasteiger charge is -2.30. The maximum Gasteiger partial charge on any atom is 0.243 e. The highest BCUT2D eigenvalue weighted by Crippen LogP contribution is 2.28. The second-order valence-electron chi connectivity index (χ2n) is 6.67. The van der Waals surface area contributed by atoms with Crippen LogP contribution in [0.15, 0.2) is 47.4 Å². The Morgan fingerprint density at radius 1 is 1.07 bits per heavy atom. The van der Waals surface area contributed by atoms with Crippen molar-refractivity contribution in [3.63, 3.8) is 0 Å². The molecule has 1 amide bonds. The number of nitrogens with zero attached hydrogens (tertiary/aromatic N) is 1. The number of piperidine rings is 1. The molecule has 0 spiro atoms. The molecule has 0 aromatic heterocycles. The highest BCUT2D eigenvalue weighted by atomic mass is 35.5. The number of halogens is 2. The summed E-state index contributed by atoms with van der Waals surface area (Å²) in [5.74, 6) is -0.174. The molecule has 2 aromatic rings. The first-order chi connectivity index (χ1) is 13.3. The largest absolute Gasteiger partial charge is 0.508 e. The number of phenolic OH excluding ortho intramolecular Hbond substituents is 1. The molecule has 3 rings (SSSR count). The average molecular weight is 443 g/mol. The van der Waals surface area contributed by atoms with Gasteiger partial charge in [-0.1, -0.05) is 35.3 Å². The quantitative estimate of drug-likeness (QED) is 0.742. The van der Waals surface area contributed by atoms with Gasteiger partial charge in [0.25, 0.3) is 0 Å². The summed E-state index contributed by atoms with van der Waals surface area (Å²) in [4.78, 5) is 12.4. The van der Waals surface area contributed by atoms with Crippen LogP contribution >= 0.6 is 23.2 Å². The molecule has 1 aliphatic rings. The van der Waals surface area contributed by atoms with Gasteiger partial charge in [0, 0.05) is 35.6 Å². The molecule has 0 radical (unpaired) electrons. The van der Waals surface area contributed by atoms with E-state index in [1.54, 1.807) is 24.3 Å². The van der Waals surface area contributed by atoms with Crippen molar-refractivity contribution >= 4 is 39.1 Å². The van der Waals surface area contributed by atoms with E-state index in [0.717, 1.165) is 5.56 Å². The van der Waals surface area contributed by atoms with Crippen molar-refractivity contribution in [2.45, 2.75) is 24.3 Å². The summed E-state index contributed by atoms with van der Waals surface area (Å²) in [7, 11) is -3.71. The molecule has 9 heteroatoms. The molecule has 1 heterocycles. The Hall–Kier alpha value is -1.80. The number of benzene rings is 2. The summed E-state index contributed by atoms with van der Waals surface area (Å²) >= 11 is 11.8. The number of amides is 1. The number of rotatable bonds is 5.